The first-order valence-corrected chi connectivity index (χ1v) is 8.61. The van der Waals surface area contributed by atoms with E-state index in [0.717, 1.165) is 25.5 Å². The van der Waals surface area contributed by atoms with Gasteiger partial charge in [0.15, 0.2) is 0 Å². The maximum absolute atomic E-state index is 4.76. The highest BCUT2D eigenvalue weighted by Gasteiger charge is 2.31. The Morgan fingerprint density at radius 2 is 2.29 bits per heavy atom. The third-order valence-electron chi connectivity index (χ3n) is 3.85. The third kappa shape index (κ3) is 3.63. The maximum atomic E-state index is 4.76. The van der Waals surface area contributed by atoms with Gasteiger partial charge in [0, 0.05) is 23.7 Å². The van der Waals surface area contributed by atoms with Crippen molar-refractivity contribution in [1.29, 1.82) is 0 Å². The monoisotopic (exact) mass is 301 g/mol. The molecule has 0 aliphatic heterocycles. The molecule has 0 radical (unpaired) electrons. The third-order valence-corrected chi connectivity index (χ3v) is 4.71. The van der Waals surface area contributed by atoms with E-state index >= 15 is 0 Å². The SMILES string of the molecule is CCNCc1cnc(N(Cc2cccs2)C2CC2)c(C)c1. The quantitative estimate of drug-likeness (QED) is 0.844. The number of rotatable bonds is 7. The molecule has 1 aliphatic carbocycles. The Morgan fingerprint density at radius 1 is 1.43 bits per heavy atom. The van der Waals surface area contributed by atoms with Crippen LogP contribution in [0.5, 0.6) is 0 Å². The van der Waals surface area contributed by atoms with E-state index in [1.165, 1.54) is 28.8 Å². The summed E-state index contributed by atoms with van der Waals surface area (Å²) in [6.07, 6.45) is 4.62. The Labute approximate surface area is 131 Å². The Hall–Kier alpha value is -1.39. The van der Waals surface area contributed by atoms with E-state index in [0.29, 0.717) is 6.04 Å². The molecule has 3 nitrogen and oxygen atoms in total. The fourth-order valence-corrected chi connectivity index (χ4v) is 3.33. The van der Waals surface area contributed by atoms with Crippen LogP contribution in [0.1, 0.15) is 35.8 Å². The second-order valence-corrected chi connectivity index (χ2v) is 6.74. The van der Waals surface area contributed by atoms with E-state index in [1.807, 2.05) is 17.5 Å². The number of hydrogen-bond acceptors (Lipinski definition) is 4. The minimum absolute atomic E-state index is 0.679. The smallest absolute Gasteiger partial charge is 0.132 e. The Balaban J connectivity index is 1.79. The van der Waals surface area contributed by atoms with Crippen LogP contribution in [0.2, 0.25) is 0 Å². The molecule has 0 atom stereocenters. The van der Waals surface area contributed by atoms with E-state index in [4.69, 9.17) is 4.98 Å². The minimum Gasteiger partial charge on any atom is -0.348 e. The number of thiophene rings is 1. The fourth-order valence-electron chi connectivity index (χ4n) is 2.63. The second-order valence-electron chi connectivity index (χ2n) is 5.70. The van der Waals surface area contributed by atoms with Crippen LogP contribution in [0.4, 0.5) is 5.82 Å². The summed E-state index contributed by atoms with van der Waals surface area (Å²) in [6.45, 7) is 7.20. The normalized spacial score (nSPS) is 14.4. The van der Waals surface area contributed by atoms with Crippen molar-refractivity contribution < 1.29 is 0 Å². The summed E-state index contributed by atoms with van der Waals surface area (Å²) in [5.41, 5.74) is 2.55. The van der Waals surface area contributed by atoms with Gasteiger partial charge in [-0.1, -0.05) is 13.0 Å². The fraction of sp³-hybridized carbons (Fsp3) is 0.471. The Bertz CT molecular complexity index is 576. The molecule has 0 spiro atoms. The summed E-state index contributed by atoms with van der Waals surface area (Å²) >= 11 is 1.83. The summed E-state index contributed by atoms with van der Waals surface area (Å²) in [5.74, 6) is 1.16. The first-order valence-electron chi connectivity index (χ1n) is 7.73. The van der Waals surface area contributed by atoms with Gasteiger partial charge in [-0.2, -0.15) is 0 Å². The van der Waals surface area contributed by atoms with Gasteiger partial charge in [0.2, 0.25) is 0 Å². The topological polar surface area (TPSA) is 28.2 Å². The largest absolute Gasteiger partial charge is 0.348 e. The number of nitrogens with zero attached hydrogens (tertiary/aromatic N) is 2. The molecule has 0 unspecified atom stereocenters. The van der Waals surface area contributed by atoms with Crippen LogP contribution in [0.3, 0.4) is 0 Å². The number of pyridine rings is 1. The lowest BCUT2D eigenvalue weighted by Crippen LogP contribution is -2.26. The Kier molecular flexibility index (Phi) is 4.56. The van der Waals surface area contributed by atoms with E-state index in [2.05, 4.69) is 47.6 Å². The first kappa shape index (κ1) is 14.5. The van der Waals surface area contributed by atoms with Gasteiger partial charge < -0.3 is 10.2 Å². The van der Waals surface area contributed by atoms with Gasteiger partial charge in [-0.05, 0) is 54.9 Å². The number of nitrogens with one attached hydrogen (secondary N) is 1. The van der Waals surface area contributed by atoms with Crippen LogP contribution in [0, 0.1) is 6.92 Å². The zero-order valence-corrected chi connectivity index (χ0v) is 13.6. The van der Waals surface area contributed by atoms with E-state index < -0.39 is 0 Å². The standard InChI is InChI=1S/C17H23N3S/c1-3-18-10-14-9-13(2)17(19-11-14)20(15-6-7-15)12-16-5-4-8-21-16/h4-5,8-9,11,15,18H,3,6-7,10,12H2,1-2H3. The van der Waals surface area contributed by atoms with Crippen LogP contribution >= 0.6 is 11.3 Å². The minimum atomic E-state index is 0.679. The zero-order chi connectivity index (χ0) is 14.7. The average molecular weight is 301 g/mol. The summed E-state index contributed by atoms with van der Waals surface area (Å²) < 4.78 is 0. The van der Waals surface area contributed by atoms with Crippen LogP contribution in [0.25, 0.3) is 0 Å². The van der Waals surface area contributed by atoms with Crippen molar-refractivity contribution in [2.45, 2.75) is 45.8 Å². The predicted octanol–water partition coefficient (Wildman–Crippen LogP) is 3.73. The summed E-state index contributed by atoms with van der Waals surface area (Å²) in [7, 11) is 0. The molecule has 2 aromatic heterocycles. The summed E-state index contributed by atoms with van der Waals surface area (Å²) in [6, 6.07) is 7.30. The van der Waals surface area contributed by atoms with Crippen LogP contribution < -0.4 is 10.2 Å². The van der Waals surface area contributed by atoms with Crippen LogP contribution in [0.15, 0.2) is 29.8 Å². The molecule has 2 heterocycles. The number of aryl methyl sites for hydroxylation is 1. The van der Waals surface area contributed by atoms with Crippen molar-refractivity contribution in [2.24, 2.45) is 0 Å². The molecular formula is C17H23N3S. The molecule has 112 valence electrons. The van der Waals surface area contributed by atoms with Crippen molar-refractivity contribution in [3.05, 3.63) is 45.8 Å². The molecule has 1 saturated carbocycles. The summed E-state index contributed by atoms with van der Waals surface area (Å²) in [5, 5.41) is 5.51. The molecular weight excluding hydrogens is 278 g/mol. The van der Waals surface area contributed by atoms with Crippen molar-refractivity contribution >= 4 is 17.2 Å². The molecule has 4 heteroatoms. The van der Waals surface area contributed by atoms with Gasteiger partial charge in [0.05, 0.1) is 6.54 Å². The highest BCUT2D eigenvalue weighted by molar-refractivity contribution is 7.09. The van der Waals surface area contributed by atoms with Crippen molar-refractivity contribution in [2.75, 3.05) is 11.4 Å². The first-order chi connectivity index (χ1) is 10.3. The van der Waals surface area contributed by atoms with Gasteiger partial charge in [0.25, 0.3) is 0 Å². The molecule has 1 fully saturated rings. The maximum Gasteiger partial charge on any atom is 0.132 e. The van der Waals surface area contributed by atoms with Crippen molar-refractivity contribution in [3.63, 3.8) is 0 Å². The van der Waals surface area contributed by atoms with Gasteiger partial charge in [-0.25, -0.2) is 4.98 Å². The molecule has 0 amide bonds. The molecule has 0 bridgehead atoms. The lowest BCUT2D eigenvalue weighted by Gasteiger charge is -2.25. The van der Waals surface area contributed by atoms with E-state index in [-0.39, 0.29) is 0 Å². The van der Waals surface area contributed by atoms with Crippen molar-refractivity contribution in [3.8, 4) is 0 Å². The van der Waals surface area contributed by atoms with Gasteiger partial charge in [-0.15, -0.1) is 11.3 Å². The molecule has 1 N–H and O–H groups in total. The summed E-state index contributed by atoms with van der Waals surface area (Å²) in [4.78, 5) is 8.66. The number of anilines is 1. The van der Waals surface area contributed by atoms with Crippen molar-refractivity contribution in [1.82, 2.24) is 10.3 Å². The van der Waals surface area contributed by atoms with Gasteiger partial charge in [0.1, 0.15) is 5.82 Å². The molecule has 2 aromatic rings. The highest BCUT2D eigenvalue weighted by atomic mass is 32.1. The van der Waals surface area contributed by atoms with Crippen LogP contribution in [-0.4, -0.2) is 17.6 Å². The molecule has 0 aromatic carbocycles. The van der Waals surface area contributed by atoms with E-state index in [9.17, 15) is 0 Å². The lowest BCUT2D eigenvalue weighted by atomic mass is 10.2. The van der Waals surface area contributed by atoms with Crippen LogP contribution in [-0.2, 0) is 13.1 Å². The number of aromatic nitrogens is 1. The molecule has 0 saturated heterocycles. The molecule has 1 aliphatic rings. The zero-order valence-electron chi connectivity index (χ0n) is 12.8. The highest BCUT2D eigenvalue weighted by Crippen LogP contribution is 2.34. The number of hydrogen-bond donors (Lipinski definition) is 1. The second kappa shape index (κ2) is 6.58. The lowest BCUT2D eigenvalue weighted by molar-refractivity contribution is 0.721. The van der Waals surface area contributed by atoms with E-state index in [1.54, 1.807) is 0 Å². The Morgan fingerprint density at radius 3 is 2.90 bits per heavy atom. The van der Waals surface area contributed by atoms with Gasteiger partial charge >= 0.3 is 0 Å². The average Bonchev–Trinajstić information content (AvgIpc) is 3.20. The van der Waals surface area contributed by atoms with Gasteiger partial charge in [-0.3, -0.25) is 0 Å². The molecule has 21 heavy (non-hydrogen) atoms. The predicted molar refractivity (Wildman–Crippen MR) is 89.9 cm³/mol. The molecule has 3 rings (SSSR count).